The second-order valence-electron chi connectivity index (χ2n) is 4.72. The molecule has 6 heteroatoms. The summed E-state index contributed by atoms with van der Waals surface area (Å²) in [4.78, 5) is 0. The summed E-state index contributed by atoms with van der Waals surface area (Å²) in [5, 5.41) is 7.46. The van der Waals surface area contributed by atoms with Crippen LogP contribution in [-0.4, -0.2) is 12.2 Å². The maximum Gasteiger partial charge on any atom is 0.171 e. The Morgan fingerprint density at radius 3 is 2.50 bits per heavy atom. The summed E-state index contributed by atoms with van der Waals surface area (Å²) in [5.74, 6) is 0.832. The summed E-state index contributed by atoms with van der Waals surface area (Å²) >= 11 is 14.9. The number of halogens is 2. The van der Waals surface area contributed by atoms with Crippen molar-refractivity contribution >= 4 is 50.5 Å². The lowest BCUT2D eigenvalue weighted by molar-refractivity contribution is 0.414. The summed E-state index contributed by atoms with van der Waals surface area (Å²) in [6.45, 7) is 2.04. The lowest BCUT2D eigenvalue weighted by atomic mass is 10.1. The number of nitrogens with one attached hydrogen (secondary N) is 2. The van der Waals surface area contributed by atoms with E-state index in [1.54, 1.807) is 7.11 Å². The largest absolute Gasteiger partial charge is 0.497 e. The lowest BCUT2D eigenvalue weighted by Crippen LogP contribution is -2.30. The molecule has 0 saturated carbocycles. The predicted octanol–water partition coefficient (Wildman–Crippen LogP) is 5.16. The molecule has 0 radical (unpaired) electrons. The molecule has 0 aliphatic carbocycles. The van der Waals surface area contributed by atoms with Crippen molar-refractivity contribution in [2.75, 3.05) is 12.4 Å². The second kappa shape index (κ2) is 7.81. The van der Waals surface area contributed by atoms with Crippen LogP contribution in [-0.2, 0) is 0 Å². The molecule has 0 heterocycles. The summed E-state index contributed by atoms with van der Waals surface area (Å²) < 4.78 is 6.08. The van der Waals surface area contributed by atoms with Crippen LogP contribution in [0.2, 0.25) is 5.02 Å². The third-order valence-corrected chi connectivity index (χ3v) is 4.17. The molecule has 0 spiro atoms. The van der Waals surface area contributed by atoms with Crippen LogP contribution in [0.5, 0.6) is 5.75 Å². The van der Waals surface area contributed by atoms with Crippen molar-refractivity contribution in [3.63, 3.8) is 0 Å². The van der Waals surface area contributed by atoms with E-state index in [0.717, 1.165) is 21.5 Å². The molecule has 2 N–H and O–H groups in total. The third kappa shape index (κ3) is 4.60. The molecule has 0 aliphatic rings. The fraction of sp³-hybridized carbons (Fsp3) is 0.188. The SMILES string of the molecule is COc1ccc(C(C)NC(=S)Nc2ccc(Br)cc2Cl)cc1. The highest BCUT2D eigenvalue weighted by Gasteiger charge is 2.09. The lowest BCUT2D eigenvalue weighted by Gasteiger charge is -2.18. The van der Waals surface area contributed by atoms with Gasteiger partial charge in [0.1, 0.15) is 5.75 Å². The average Bonchev–Trinajstić information content (AvgIpc) is 2.50. The van der Waals surface area contributed by atoms with Gasteiger partial charge in [0.2, 0.25) is 0 Å². The first kappa shape index (κ1) is 17.1. The first-order valence-electron chi connectivity index (χ1n) is 6.66. The van der Waals surface area contributed by atoms with Crippen molar-refractivity contribution < 1.29 is 4.74 Å². The summed E-state index contributed by atoms with van der Waals surface area (Å²) in [5.41, 5.74) is 1.89. The van der Waals surface area contributed by atoms with Crippen molar-refractivity contribution in [1.82, 2.24) is 5.32 Å². The number of hydrogen-bond acceptors (Lipinski definition) is 2. The van der Waals surface area contributed by atoms with Gasteiger partial charge in [0, 0.05) is 4.47 Å². The van der Waals surface area contributed by atoms with Crippen molar-refractivity contribution in [3.05, 3.63) is 57.5 Å². The van der Waals surface area contributed by atoms with Crippen LogP contribution in [0.4, 0.5) is 5.69 Å². The van der Waals surface area contributed by atoms with E-state index >= 15 is 0 Å². The summed E-state index contributed by atoms with van der Waals surface area (Å²) in [7, 11) is 1.65. The van der Waals surface area contributed by atoms with Crippen molar-refractivity contribution in [2.45, 2.75) is 13.0 Å². The minimum absolute atomic E-state index is 0.0696. The van der Waals surface area contributed by atoms with Gasteiger partial charge < -0.3 is 15.4 Å². The first-order valence-corrected chi connectivity index (χ1v) is 8.24. The van der Waals surface area contributed by atoms with Gasteiger partial charge in [-0.2, -0.15) is 0 Å². The van der Waals surface area contributed by atoms with Gasteiger partial charge in [-0.15, -0.1) is 0 Å². The van der Waals surface area contributed by atoms with Gasteiger partial charge >= 0.3 is 0 Å². The highest BCUT2D eigenvalue weighted by atomic mass is 79.9. The van der Waals surface area contributed by atoms with Gasteiger partial charge in [-0.1, -0.05) is 39.7 Å². The molecule has 0 fully saturated rings. The normalized spacial score (nSPS) is 11.6. The van der Waals surface area contributed by atoms with E-state index in [1.165, 1.54) is 0 Å². The molecule has 0 aliphatic heterocycles. The standard InChI is InChI=1S/C16H16BrClN2OS/c1-10(11-3-6-13(21-2)7-4-11)19-16(22)20-15-8-5-12(17)9-14(15)18/h3-10H,1-2H3,(H2,19,20,22). The van der Waals surface area contributed by atoms with Crippen LogP contribution in [0.15, 0.2) is 46.9 Å². The van der Waals surface area contributed by atoms with E-state index in [1.807, 2.05) is 49.4 Å². The Balaban J connectivity index is 1.98. The predicted molar refractivity (Wildman–Crippen MR) is 99.9 cm³/mol. The quantitative estimate of drug-likeness (QED) is 0.696. The van der Waals surface area contributed by atoms with E-state index in [9.17, 15) is 0 Å². The molecular weight excluding hydrogens is 384 g/mol. The van der Waals surface area contributed by atoms with Crippen molar-refractivity contribution in [2.24, 2.45) is 0 Å². The number of rotatable bonds is 4. The van der Waals surface area contributed by atoms with Gasteiger partial charge in [-0.3, -0.25) is 0 Å². The maximum atomic E-state index is 6.17. The van der Waals surface area contributed by atoms with E-state index < -0.39 is 0 Å². The zero-order valence-corrected chi connectivity index (χ0v) is 15.3. The van der Waals surface area contributed by atoms with Crippen LogP contribution >= 0.6 is 39.7 Å². The minimum Gasteiger partial charge on any atom is -0.497 e. The molecule has 1 unspecified atom stereocenters. The van der Waals surface area contributed by atoms with Gasteiger partial charge in [0.25, 0.3) is 0 Å². The average molecular weight is 400 g/mol. The van der Waals surface area contributed by atoms with Crippen LogP contribution in [0, 0.1) is 0 Å². The highest BCUT2D eigenvalue weighted by Crippen LogP contribution is 2.25. The molecule has 1 atom stereocenters. The number of thiocarbonyl (C=S) groups is 1. The topological polar surface area (TPSA) is 33.3 Å². The van der Waals surface area contributed by atoms with Crippen LogP contribution in [0.1, 0.15) is 18.5 Å². The van der Waals surface area contributed by atoms with Gasteiger partial charge in [0.15, 0.2) is 5.11 Å². The fourth-order valence-corrected chi connectivity index (χ4v) is 2.93. The second-order valence-corrected chi connectivity index (χ2v) is 6.45. The summed E-state index contributed by atoms with van der Waals surface area (Å²) in [6.07, 6.45) is 0. The van der Waals surface area contributed by atoms with Crippen molar-refractivity contribution in [3.8, 4) is 5.75 Å². The molecule has 2 aromatic carbocycles. The molecule has 2 aromatic rings. The smallest absolute Gasteiger partial charge is 0.171 e. The Bertz CT molecular complexity index is 664. The number of hydrogen-bond donors (Lipinski definition) is 2. The third-order valence-electron chi connectivity index (χ3n) is 3.14. The molecule has 0 aromatic heterocycles. The Labute approximate surface area is 149 Å². The molecule has 0 bridgehead atoms. The number of benzene rings is 2. The monoisotopic (exact) mass is 398 g/mol. The van der Waals surface area contributed by atoms with E-state index in [-0.39, 0.29) is 6.04 Å². The van der Waals surface area contributed by atoms with Crippen LogP contribution < -0.4 is 15.4 Å². The first-order chi connectivity index (χ1) is 10.5. The molecular formula is C16H16BrClN2OS. The van der Waals surface area contributed by atoms with E-state index in [0.29, 0.717) is 10.1 Å². The van der Waals surface area contributed by atoms with E-state index in [2.05, 4.69) is 26.6 Å². The Hall–Kier alpha value is -1.30. The highest BCUT2D eigenvalue weighted by molar-refractivity contribution is 9.10. The maximum absolute atomic E-state index is 6.17. The van der Waals surface area contributed by atoms with Gasteiger partial charge in [-0.05, 0) is 55.0 Å². The molecule has 116 valence electrons. The molecule has 3 nitrogen and oxygen atoms in total. The van der Waals surface area contributed by atoms with E-state index in [4.69, 9.17) is 28.6 Å². The Kier molecular flexibility index (Phi) is 6.06. The fourth-order valence-electron chi connectivity index (χ4n) is 1.92. The minimum atomic E-state index is 0.0696. The van der Waals surface area contributed by atoms with Crippen LogP contribution in [0.3, 0.4) is 0 Å². The molecule has 22 heavy (non-hydrogen) atoms. The Morgan fingerprint density at radius 1 is 1.23 bits per heavy atom. The molecule has 2 rings (SSSR count). The van der Waals surface area contributed by atoms with Crippen molar-refractivity contribution in [1.29, 1.82) is 0 Å². The summed E-state index contributed by atoms with van der Waals surface area (Å²) in [6, 6.07) is 13.5. The number of methoxy groups -OCH3 is 1. The van der Waals surface area contributed by atoms with Gasteiger partial charge in [0.05, 0.1) is 23.9 Å². The molecule has 0 saturated heterocycles. The number of anilines is 1. The van der Waals surface area contributed by atoms with Gasteiger partial charge in [-0.25, -0.2) is 0 Å². The number of ether oxygens (including phenoxy) is 1. The Morgan fingerprint density at radius 2 is 1.91 bits per heavy atom. The molecule has 0 amide bonds. The zero-order valence-electron chi connectivity index (χ0n) is 12.2. The van der Waals surface area contributed by atoms with Crippen LogP contribution in [0.25, 0.3) is 0 Å². The zero-order chi connectivity index (χ0) is 16.1.